The van der Waals surface area contributed by atoms with E-state index >= 15 is 0 Å². The number of esters is 3. The molecule has 4 atom stereocenters. The molecule has 0 aliphatic rings. The number of aliphatic carboxylic acids is 1. The van der Waals surface area contributed by atoms with Crippen molar-refractivity contribution in [3.8, 4) is 69.0 Å². The third-order valence-corrected chi connectivity index (χ3v) is 18.6. The molecule has 0 saturated heterocycles. The van der Waals surface area contributed by atoms with Crippen molar-refractivity contribution >= 4 is 30.0 Å². The molecule has 126 heavy (non-hydrogen) atoms. The van der Waals surface area contributed by atoms with Crippen molar-refractivity contribution in [3.63, 3.8) is 0 Å². The van der Waals surface area contributed by atoms with E-state index in [9.17, 15) is 41.5 Å². The summed E-state index contributed by atoms with van der Waals surface area (Å²) in [6, 6.07) is 81.5. The van der Waals surface area contributed by atoms with Gasteiger partial charge in [-0.2, -0.15) is 0 Å². The number of carbonyl (C=O) groups is 5. The Kier molecular flexibility index (Phi) is 36.9. The third kappa shape index (κ3) is 33.6. The van der Waals surface area contributed by atoms with E-state index in [4.69, 9.17) is 62.9 Å². The molecule has 0 aliphatic heterocycles. The molecule has 4 N–H and O–H groups in total. The summed E-state index contributed by atoms with van der Waals surface area (Å²) in [6.07, 6.45) is -0.230. The first-order valence-corrected chi connectivity index (χ1v) is 40.0. The topological polar surface area (TPSA) is 261 Å². The first-order chi connectivity index (χ1) is 60.5. The van der Waals surface area contributed by atoms with Crippen LogP contribution in [0.15, 0.2) is 291 Å². The summed E-state index contributed by atoms with van der Waals surface area (Å²) in [5, 5.41) is 11.8. The van der Waals surface area contributed by atoms with Crippen LogP contribution in [0, 0.1) is 23.3 Å². The van der Waals surface area contributed by atoms with Crippen LogP contribution < -0.4 is 48.9 Å². The molecule has 12 aromatic carbocycles. The minimum atomic E-state index is -0.836. The summed E-state index contributed by atoms with van der Waals surface area (Å²) < 4.78 is 118. The number of rotatable bonds is 35. The van der Waals surface area contributed by atoms with Crippen molar-refractivity contribution in [1.82, 2.24) is 15.1 Å². The molecule has 12 rings (SSSR count). The average Bonchev–Trinajstić information content (AvgIpc) is 0.857. The van der Waals surface area contributed by atoms with E-state index < -0.39 is 35.7 Å². The summed E-state index contributed by atoms with van der Waals surface area (Å²) >= 11 is 0. The van der Waals surface area contributed by atoms with Crippen LogP contribution in [0.5, 0.6) is 69.0 Å². The van der Waals surface area contributed by atoms with Gasteiger partial charge in [0.05, 0.1) is 53.1 Å². The van der Waals surface area contributed by atoms with E-state index in [1.807, 2.05) is 202 Å². The average molecular weight is 1720 g/mol. The Labute approximate surface area is 730 Å². The number of nitrogens with zero attached hydrogens (tertiary/aromatic N) is 2. The summed E-state index contributed by atoms with van der Waals surface area (Å²) in [7, 11) is 11.6. The highest BCUT2D eigenvalue weighted by atomic mass is 19.1. The van der Waals surface area contributed by atoms with Gasteiger partial charge in [0.25, 0.3) is 0 Å². The Morgan fingerprint density at radius 3 is 0.881 bits per heavy atom. The number of carboxylic acid groups (broad SMARTS) is 1. The zero-order chi connectivity index (χ0) is 90.5. The number of alkyl carbamates (subject to hydrolysis) is 1. The zero-order valence-electron chi connectivity index (χ0n) is 71.6. The van der Waals surface area contributed by atoms with E-state index in [2.05, 4.69) is 10.1 Å². The number of methoxy groups -OCH3 is 3. The molecule has 12 aromatic rings. The zero-order valence-corrected chi connectivity index (χ0v) is 71.6. The maximum atomic E-state index is 13.1. The van der Waals surface area contributed by atoms with E-state index in [-0.39, 0.29) is 73.0 Å². The van der Waals surface area contributed by atoms with Gasteiger partial charge in [-0.05, 0) is 288 Å². The van der Waals surface area contributed by atoms with Crippen LogP contribution in [0.3, 0.4) is 0 Å². The normalized spacial score (nSPS) is 11.8. The van der Waals surface area contributed by atoms with Gasteiger partial charge in [-0.1, -0.05) is 97.1 Å². The van der Waals surface area contributed by atoms with E-state index in [0.717, 1.165) is 44.7 Å². The molecular weight excluding hydrogens is 1620 g/mol. The Hall–Kier alpha value is -14.2. The second-order valence-corrected chi connectivity index (χ2v) is 29.9. The lowest BCUT2D eigenvalue weighted by Crippen LogP contribution is -2.35. The number of carbonyl (C=O) groups excluding carboxylic acids is 4. The SMILES string of the molecule is CN(C)[C@@H](CC(=O)O)c1ccc(OCc2cccc(Oc3ccc(F)cc3)c2)cc1.COC(=O)C[C@@H](c1ccc(OCc2cccc(Oc3ccc(F)cc3)c2)cc1)N(C)C.COC(=O)C[C@H](N)c1ccc(OCc2cccc(Oc3ccc(F)cc3)c2)cc1.COC(=O)C[C@H](NC(=O)OC(C)(C)C)c1ccc(OCc2cccc(Oc3ccc(F)cc3)c2)cc1. The monoisotopic (exact) mass is 1720 g/mol. The molecule has 0 aromatic heterocycles. The van der Waals surface area contributed by atoms with E-state index in [1.54, 1.807) is 99.6 Å². The Morgan fingerprint density at radius 1 is 0.341 bits per heavy atom. The van der Waals surface area contributed by atoms with Gasteiger partial charge < -0.3 is 82.8 Å². The largest absolute Gasteiger partial charge is 0.489 e. The van der Waals surface area contributed by atoms with Gasteiger partial charge in [-0.25, -0.2) is 22.4 Å². The van der Waals surface area contributed by atoms with Crippen LogP contribution in [0.2, 0.25) is 0 Å². The molecule has 0 bridgehead atoms. The molecule has 1 amide bonds. The Balaban J connectivity index is 0.000000191. The number of hydrogen-bond donors (Lipinski definition) is 3. The highest BCUT2D eigenvalue weighted by molar-refractivity contribution is 5.74. The van der Waals surface area contributed by atoms with Crippen LogP contribution >= 0.6 is 0 Å². The van der Waals surface area contributed by atoms with E-state index in [1.165, 1.54) is 69.9 Å². The number of carboxylic acids is 1. The molecule has 26 heteroatoms. The lowest BCUT2D eigenvalue weighted by molar-refractivity contribution is -0.142. The smallest absolute Gasteiger partial charge is 0.408 e. The molecule has 0 spiro atoms. The third-order valence-electron chi connectivity index (χ3n) is 18.6. The minimum Gasteiger partial charge on any atom is -0.489 e. The van der Waals surface area contributed by atoms with Gasteiger partial charge in [0.2, 0.25) is 0 Å². The van der Waals surface area contributed by atoms with Crippen molar-refractivity contribution in [2.24, 2.45) is 5.73 Å². The maximum Gasteiger partial charge on any atom is 0.408 e. The summed E-state index contributed by atoms with van der Waals surface area (Å²) in [6.45, 7) is 6.66. The molecule has 22 nitrogen and oxygen atoms in total. The second kappa shape index (κ2) is 48.6. The number of amides is 1. The van der Waals surface area contributed by atoms with Gasteiger partial charge in [0.15, 0.2) is 0 Å². The molecular formula is C100H102F4N4O18. The molecule has 658 valence electrons. The second-order valence-electron chi connectivity index (χ2n) is 29.9. The van der Waals surface area contributed by atoms with Crippen LogP contribution in [-0.4, -0.2) is 100.0 Å². The van der Waals surface area contributed by atoms with Crippen LogP contribution in [0.1, 0.15) is 115 Å². The van der Waals surface area contributed by atoms with Gasteiger partial charge in [-0.3, -0.25) is 19.2 Å². The standard InChI is InChI=1S/C28H30FNO6.C25H26FNO4.C24H24FNO4.C23H22FNO4/c1-28(2,3)36-27(32)30-25(17-26(31)33-4)20-8-12-22(13-9-20)34-18-19-6-5-7-24(16-19)35-23-14-10-21(29)11-15-23;1-27(2)24(16-25(28)29-3)19-7-11-21(12-8-19)30-17-18-5-4-6-23(15-18)31-22-13-9-20(26)10-14-22;1-26(2)23(15-24(27)28)18-6-10-20(11-7-18)29-16-17-4-3-5-22(14-17)30-21-12-8-19(25)9-13-21;1-27-23(26)14-22(25)17-5-9-19(10-6-17)28-15-16-3-2-4-21(13-16)29-20-11-7-18(24)8-12-20/h5-16,25H,17-18H2,1-4H3,(H,30,32);4-15,24H,16-17H2,1-3H3;3-14,23H,15-16H2,1-2H3,(H,27,28);2-13,22H,14-15,25H2,1H3/t25-;24-;23-;22-/m0000/s1. The fraction of sp³-hybridized carbons (Fsp3) is 0.230. The number of nitrogens with one attached hydrogen (secondary N) is 1. The summed E-state index contributed by atoms with van der Waals surface area (Å²) in [5.74, 6) is 4.33. The van der Waals surface area contributed by atoms with Crippen molar-refractivity contribution < 1.29 is 103 Å². The van der Waals surface area contributed by atoms with Crippen molar-refractivity contribution in [2.75, 3.05) is 49.5 Å². The number of nitrogens with two attached hydrogens (primary N) is 1. The van der Waals surface area contributed by atoms with Gasteiger partial charge >= 0.3 is 30.0 Å². The number of benzene rings is 12. The maximum absolute atomic E-state index is 13.1. The highest BCUT2D eigenvalue weighted by Gasteiger charge is 2.25. The van der Waals surface area contributed by atoms with Crippen molar-refractivity contribution in [3.05, 3.63) is 359 Å². The Bertz CT molecular complexity index is 5400. The molecule has 0 aliphatic carbocycles. The quantitative estimate of drug-likeness (QED) is 0.0189. The molecule has 0 unspecified atom stereocenters. The van der Waals surface area contributed by atoms with Crippen LogP contribution in [0.25, 0.3) is 0 Å². The summed E-state index contributed by atoms with van der Waals surface area (Å²) in [4.78, 5) is 62.1. The lowest BCUT2D eigenvalue weighted by atomic mass is 10.0. The van der Waals surface area contributed by atoms with Crippen molar-refractivity contribution in [1.29, 1.82) is 0 Å². The van der Waals surface area contributed by atoms with Gasteiger partial charge in [-0.15, -0.1) is 0 Å². The van der Waals surface area contributed by atoms with Gasteiger partial charge in [0.1, 0.15) is 124 Å². The minimum absolute atomic E-state index is 0.0358. The number of ether oxygens (including phenoxy) is 12. The number of hydrogen-bond acceptors (Lipinski definition) is 20. The molecule has 0 fully saturated rings. The number of halogens is 4. The molecule has 0 radical (unpaired) electrons. The van der Waals surface area contributed by atoms with Crippen LogP contribution in [-0.2, 0) is 64.6 Å². The van der Waals surface area contributed by atoms with Crippen molar-refractivity contribution in [2.45, 2.75) is 103 Å². The summed E-state index contributed by atoms with van der Waals surface area (Å²) in [5.41, 5.74) is 12.5. The highest BCUT2D eigenvalue weighted by Crippen LogP contribution is 2.33. The lowest BCUT2D eigenvalue weighted by Gasteiger charge is -2.23. The fourth-order valence-electron chi connectivity index (χ4n) is 12.1. The predicted molar refractivity (Wildman–Crippen MR) is 469 cm³/mol. The predicted octanol–water partition coefficient (Wildman–Crippen LogP) is 21.7. The molecule has 0 heterocycles. The van der Waals surface area contributed by atoms with Gasteiger partial charge in [0, 0.05) is 18.1 Å². The first kappa shape index (κ1) is 95.6. The van der Waals surface area contributed by atoms with E-state index in [0.29, 0.717) is 95.2 Å². The fourth-order valence-corrected chi connectivity index (χ4v) is 12.1. The molecule has 0 saturated carbocycles. The Morgan fingerprint density at radius 2 is 0.603 bits per heavy atom. The first-order valence-electron chi connectivity index (χ1n) is 40.0. The van der Waals surface area contributed by atoms with Crippen LogP contribution in [0.4, 0.5) is 22.4 Å².